The van der Waals surface area contributed by atoms with E-state index in [0.29, 0.717) is 0 Å². The van der Waals surface area contributed by atoms with Gasteiger partial charge in [-0.05, 0) is 88.4 Å². The molecule has 0 N–H and O–H groups in total. The molecule has 9 aromatic rings. The van der Waals surface area contributed by atoms with E-state index in [2.05, 4.69) is 186 Å². The lowest BCUT2D eigenvalue weighted by atomic mass is 9.82. The normalized spacial score (nSPS) is 15.4. The van der Waals surface area contributed by atoms with Gasteiger partial charge in [-0.15, -0.1) is 0 Å². The summed E-state index contributed by atoms with van der Waals surface area (Å²) in [5.41, 5.74) is 9.80. The molecule has 0 aliphatic carbocycles. The van der Waals surface area contributed by atoms with Crippen LogP contribution in [-0.4, -0.2) is 24.2 Å². The Morgan fingerprint density at radius 2 is 1.04 bits per heavy atom. The van der Waals surface area contributed by atoms with E-state index >= 15 is 0 Å². The Morgan fingerprint density at radius 3 is 1.75 bits per heavy atom. The van der Waals surface area contributed by atoms with Crippen molar-refractivity contribution in [1.82, 2.24) is 18.7 Å². The minimum absolute atomic E-state index is 0.316. The maximum atomic E-state index is 5.52. The molecule has 0 bridgehead atoms. The van der Waals surface area contributed by atoms with Crippen molar-refractivity contribution in [2.45, 2.75) is 38.8 Å². The standard InChI is InChI=1S/C43H35N5/c1-42(2)43(3,4)48-40-33(27-26-31-30-20-11-13-22-34(30)46(39(31)40)29-18-9-6-10-19-29)44-41(48)47(42)37-25-15-24-36-38(37)32-21-12-14-23-35(32)45(36)28-16-7-5-8-17-28/h5-27H,1-4H3. The van der Waals surface area contributed by atoms with Crippen molar-refractivity contribution in [3.63, 3.8) is 0 Å². The molecular weight excluding hydrogens is 587 g/mol. The van der Waals surface area contributed by atoms with Crippen molar-refractivity contribution in [3.05, 3.63) is 140 Å². The third-order valence-corrected chi connectivity index (χ3v) is 11.2. The molecule has 0 radical (unpaired) electrons. The van der Waals surface area contributed by atoms with Gasteiger partial charge < -0.3 is 14.0 Å². The Kier molecular flexibility index (Phi) is 5.34. The fourth-order valence-electron chi connectivity index (χ4n) is 8.37. The molecule has 232 valence electrons. The molecular formula is C43H35N5. The molecule has 5 nitrogen and oxygen atoms in total. The second-order valence-corrected chi connectivity index (χ2v) is 14.1. The van der Waals surface area contributed by atoms with Crippen LogP contribution in [0.25, 0.3) is 66.0 Å². The predicted octanol–water partition coefficient (Wildman–Crippen LogP) is 10.9. The fraction of sp³-hybridized carbons (Fsp3) is 0.140. The van der Waals surface area contributed by atoms with Gasteiger partial charge in [0.15, 0.2) is 0 Å². The van der Waals surface area contributed by atoms with Gasteiger partial charge in [0.1, 0.15) is 0 Å². The first-order chi connectivity index (χ1) is 23.4. The summed E-state index contributed by atoms with van der Waals surface area (Å²) in [5.74, 6) is 0.974. The van der Waals surface area contributed by atoms with Crippen molar-refractivity contribution < 1.29 is 0 Å². The molecule has 4 heterocycles. The van der Waals surface area contributed by atoms with Gasteiger partial charge in [-0.1, -0.05) is 78.9 Å². The molecule has 0 atom stereocenters. The number of fused-ring (bicyclic) bond motifs is 10. The van der Waals surface area contributed by atoms with Crippen molar-refractivity contribution in [2.24, 2.45) is 0 Å². The van der Waals surface area contributed by atoms with E-state index in [4.69, 9.17) is 4.98 Å². The summed E-state index contributed by atoms with van der Waals surface area (Å²) >= 11 is 0. The maximum Gasteiger partial charge on any atom is 0.212 e. The minimum atomic E-state index is -0.320. The summed E-state index contributed by atoms with van der Waals surface area (Å²) in [6.45, 7) is 9.49. The van der Waals surface area contributed by atoms with E-state index in [1.54, 1.807) is 0 Å². The van der Waals surface area contributed by atoms with Crippen molar-refractivity contribution >= 4 is 66.3 Å². The number of rotatable bonds is 3. The van der Waals surface area contributed by atoms with Gasteiger partial charge in [0.05, 0.1) is 49.9 Å². The van der Waals surface area contributed by atoms with Crippen LogP contribution >= 0.6 is 0 Å². The Hall–Kier alpha value is -5.81. The van der Waals surface area contributed by atoms with Crippen LogP contribution in [0.1, 0.15) is 27.7 Å². The van der Waals surface area contributed by atoms with E-state index in [1.165, 1.54) is 54.8 Å². The number of nitrogens with zero attached hydrogens (tertiary/aromatic N) is 5. The number of hydrogen-bond acceptors (Lipinski definition) is 2. The lowest BCUT2D eigenvalue weighted by Crippen LogP contribution is -2.50. The van der Waals surface area contributed by atoms with E-state index < -0.39 is 0 Å². The summed E-state index contributed by atoms with van der Waals surface area (Å²) in [6, 6.07) is 50.2. The molecule has 1 aliphatic heterocycles. The monoisotopic (exact) mass is 621 g/mol. The molecule has 0 saturated carbocycles. The van der Waals surface area contributed by atoms with Gasteiger partial charge in [-0.25, -0.2) is 4.98 Å². The first-order valence-corrected chi connectivity index (χ1v) is 16.8. The zero-order valence-electron chi connectivity index (χ0n) is 27.5. The highest BCUT2D eigenvalue weighted by molar-refractivity contribution is 6.19. The smallest absolute Gasteiger partial charge is 0.212 e. The zero-order chi connectivity index (χ0) is 32.4. The Labute approximate surface area is 278 Å². The van der Waals surface area contributed by atoms with Crippen LogP contribution in [-0.2, 0) is 5.54 Å². The fourth-order valence-corrected chi connectivity index (χ4v) is 8.37. The van der Waals surface area contributed by atoms with E-state index in [-0.39, 0.29) is 11.1 Å². The number of benzene rings is 6. The highest BCUT2D eigenvalue weighted by atomic mass is 15.4. The number of para-hydroxylation sites is 4. The Balaban J connectivity index is 1.33. The number of anilines is 2. The second-order valence-electron chi connectivity index (χ2n) is 14.1. The zero-order valence-corrected chi connectivity index (χ0v) is 27.5. The van der Waals surface area contributed by atoms with Gasteiger partial charge in [0.2, 0.25) is 5.95 Å². The minimum Gasteiger partial charge on any atom is -0.309 e. The molecule has 0 unspecified atom stereocenters. The number of imidazole rings is 1. The Bertz CT molecular complexity index is 2720. The van der Waals surface area contributed by atoms with Crippen LogP contribution in [0.2, 0.25) is 0 Å². The topological polar surface area (TPSA) is 30.9 Å². The van der Waals surface area contributed by atoms with E-state index in [1.807, 2.05) is 0 Å². The Morgan fingerprint density at radius 1 is 0.458 bits per heavy atom. The first-order valence-electron chi connectivity index (χ1n) is 16.8. The molecule has 6 aromatic carbocycles. The molecule has 3 aromatic heterocycles. The highest BCUT2D eigenvalue weighted by Crippen LogP contribution is 2.55. The van der Waals surface area contributed by atoms with Crippen molar-refractivity contribution in [3.8, 4) is 11.4 Å². The third-order valence-electron chi connectivity index (χ3n) is 11.2. The highest BCUT2D eigenvalue weighted by Gasteiger charge is 2.54. The molecule has 5 heteroatoms. The molecule has 48 heavy (non-hydrogen) atoms. The quantitative estimate of drug-likeness (QED) is 0.197. The van der Waals surface area contributed by atoms with Crippen LogP contribution in [0.15, 0.2) is 140 Å². The van der Waals surface area contributed by atoms with Crippen LogP contribution < -0.4 is 4.90 Å². The van der Waals surface area contributed by atoms with Crippen molar-refractivity contribution in [2.75, 3.05) is 4.90 Å². The molecule has 0 spiro atoms. The van der Waals surface area contributed by atoms with E-state index in [0.717, 1.165) is 22.8 Å². The lowest BCUT2D eigenvalue weighted by Gasteiger charge is -2.42. The summed E-state index contributed by atoms with van der Waals surface area (Å²) < 4.78 is 7.35. The summed E-state index contributed by atoms with van der Waals surface area (Å²) in [7, 11) is 0. The SMILES string of the molecule is CC1(C)N(c2cccc3c2c2ccccc2n3-c2ccccc2)c2nc3ccc4c5ccccc5n(-c5ccccc5)c4c3n2C1(C)C. The summed E-state index contributed by atoms with van der Waals surface area (Å²) in [6.07, 6.45) is 0. The first kappa shape index (κ1) is 27.3. The average molecular weight is 622 g/mol. The summed E-state index contributed by atoms with van der Waals surface area (Å²) in [4.78, 5) is 8.03. The summed E-state index contributed by atoms with van der Waals surface area (Å²) in [5, 5.41) is 4.97. The molecule has 0 fully saturated rings. The number of aromatic nitrogens is 4. The molecule has 0 amide bonds. The van der Waals surface area contributed by atoms with E-state index in [9.17, 15) is 0 Å². The van der Waals surface area contributed by atoms with Gasteiger partial charge in [-0.2, -0.15) is 0 Å². The van der Waals surface area contributed by atoms with Gasteiger partial charge in [0, 0.05) is 32.9 Å². The van der Waals surface area contributed by atoms with Gasteiger partial charge >= 0.3 is 0 Å². The molecule has 10 rings (SSSR count). The largest absolute Gasteiger partial charge is 0.309 e. The molecule has 0 saturated heterocycles. The lowest BCUT2D eigenvalue weighted by molar-refractivity contribution is 0.253. The van der Waals surface area contributed by atoms with Crippen LogP contribution in [0, 0.1) is 0 Å². The molecule has 1 aliphatic rings. The van der Waals surface area contributed by atoms with Crippen LogP contribution in [0.5, 0.6) is 0 Å². The predicted molar refractivity (Wildman–Crippen MR) is 200 cm³/mol. The van der Waals surface area contributed by atoms with Crippen LogP contribution in [0.4, 0.5) is 11.6 Å². The van der Waals surface area contributed by atoms with Gasteiger partial charge in [0.25, 0.3) is 0 Å². The van der Waals surface area contributed by atoms with Crippen LogP contribution in [0.3, 0.4) is 0 Å². The number of hydrogen-bond donors (Lipinski definition) is 0. The maximum absolute atomic E-state index is 5.52. The van der Waals surface area contributed by atoms with Crippen molar-refractivity contribution in [1.29, 1.82) is 0 Å². The second kappa shape index (κ2) is 9.39. The third kappa shape index (κ3) is 3.33. The average Bonchev–Trinajstić information content (AvgIpc) is 3.80. The van der Waals surface area contributed by atoms with Gasteiger partial charge in [-0.3, -0.25) is 4.57 Å².